The minimum atomic E-state index is -0.702. The average Bonchev–Trinajstić information content (AvgIpc) is 1.82. The first-order chi connectivity index (χ1) is 4.18. The lowest BCUT2D eigenvalue weighted by atomic mass is 10.2. The quantitative estimate of drug-likeness (QED) is 0.494. The van der Waals surface area contributed by atoms with Gasteiger partial charge in [-0.1, -0.05) is 0 Å². The summed E-state index contributed by atoms with van der Waals surface area (Å²) >= 11 is 0. The summed E-state index contributed by atoms with van der Waals surface area (Å²) in [5.74, 6) is -0.578. The zero-order valence-electron chi connectivity index (χ0n) is 4.96. The predicted molar refractivity (Wildman–Crippen MR) is 32.1 cm³/mol. The van der Waals surface area contributed by atoms with Gasteiger partial charge in [-0.2, -0.15) is 0 Å². The van der Waals surface area contributed by atoms with Gasteiger partial charge < -0.3 is 11.5 Å². The lowest BCUT2D eigenvalue weighted by Gasteiger charge is -2.01. The second-order valence-corrected chi connectivity index (χ2v) is 1.69. The number of primary amides is 1. The Bertz CT molecular complexity index is 114. The first-order valence-electron chi connectivity index (χ1n) is 2.58. The standard InChI is InChI=1S/C5H9N2O2/c6-4(5(7)9)2-1-3-8/h4H,1-2,6H2,(H2,7,9)/t4-/m0/s1. The highest BCUT2D eigenvalue weighted by Crippen LogP contribution is 1.88. The fourth-order valence-corrected chi connectivity index (χ4v) is 0.357. The molecule has 0 aromatic rings. The van der Waals surface area contributed by atoms with Crippen LogP contribution in [0.5, 0.6) is 0 Å². The predicted octanol–water partition coefficient (Wildman–Crippen LogP) is -1.31. The number of nitrogens with two attached hydrogens (primary N) is 2. The van der Waals surface area contributed by atoms with Crippen molar-refractivity contribution in [2.75, 3.05) is 0 Å². The van der Waals surface area contributed by atoms with Gasteiger partial charge in [-0.3, -0.25) is 9.59 Å². The third-order valence-corrected chi connectivity index (χ3v) is 0.923. The summed E-state index contributed by atoms with van der Waals surface area (Å²) in [4.78, 5) is 19.8. The van der Waals surface area contributed by atoms with E-state index in [1.807, 2.05) is 0 Å². The molecular weight excluding hydrogens is 120 g/mol. The van der Waals surface area contributed by atoms with Gasteiger partial charge in [-0.25, -0.2) is 0 Å². The van der Waals surface area contributed by atoms with Crippen LogP contribution in [0.1, 0.15) is 12.8 Å². The Hall–Kier alpha value is -0.900. The van der Waals surface area contributed by atoms with Gasteiger partial charge in [0.2, 0.25) is 5.91 Å². The van der Waals surface area contributed by atoms with Crippen molar-refractivity contribution in [3.05, 3.63) is 0 Å². The molecule has 0 aliphatic rings. The van der Waals surface area contributed by atoms with Crippen molar-refractivity contribution in [3.63, 3.8) is 0 Å². The Labute approximate surface area is 53.2 Å². The third kappa shape index (κ3) is 3.66. The van der Waals surface area contributed by atoms with Crippen LogP contribution >= 0.6 is 0 Å². The molecule has 1 amide bonds. The second kappa shape index (κ2) is 4.03. The van der Waals surface area contributed by atoms with Gasteiger partial charge in [0.15, 0.2) is 6.29 Å². The molecule has 0 aromatic heterocycles. The Morgan fingerprint density at radius 2 is 2.22 bits per heavy atom. The molecule has 0 aliphatic carbocycles. The van der Waals surface area contributed by atoms with Gasteiger partial charge in [0.1, 0.15) is 0 Å². The third-order valence-electron chi connectivity index (χ3n) is 0.923. The summed E-state index contributed by atoms with van der Waals surface area (Å²) in [7, 11) is 0. The van der Waals surface area contributed by atoms with Crippen LogP contribution in [0.15, 0.2) is 0 Å². The minimum Gasteiger partial charge on any atom is -0.368 e. The maximum atomic E-state index is 10.2. The van der Waals surface area contributed by atoms with E-state index in [1.54, 1.807) is 6.29 Å². The van der Waals surface area contributed by atoms with Gasteiger partial charge in [-0.05, 0) is 6.42 Å². The smallest absolute Gasteiger partial charge is 0.234 e. The molecule has 0 bridgehead atoms. The molecule has 4 heteroatoms. The second-order valence-electron chi connectivity index (χ2n) is 1.69. The molecule has 9 heavy (non-hydrogen) atoms. The highest BCUT2D eigenvalue weighted by atomic mass is 16.1. The molecule has 0 unspecified atom stereocenters. The van der Waals surface area contributed by atoms with Crippen molar-refractivity contribution in [3.8, 4) is 0 Å². The van der Waals surface area contributed by atoms with Crippen LogP contribution in [-0.2, 0) is 9.59 Å². The number of rotatable bonds is 4. The average molecular weight is 129 g/mol. The minimum absolute atomic E-state index is 0.171. The van der Waals surface area contributed by atoms with Crippen LogP contribution < -0.4 is 11.5 Å². The number of hydrogen-bond donors (Lipinski definition) is 2. The van der Waals surface area contributed by atoms with Crippen molar-refractivity contribution in [1.82, 2.24) is 0 Å². The van der Waals surface area contributed by atoms with Crippen LogP contribution in [0.3, 0.4) is 0 Å². The molecule has 1 atom stereocenters. The highest BCUT2D eigenvalue weighted by molar-refractivity contribution is 5.79. The molecule has 0 spiro atoms. The molecule has 0 aromatic carbocycles. The zero-order valence-corrected chi connectivity index (χ0v) is 4.96. The summed E-state index contributed by atoms with van der Waals surface area (Å²) < 4.78 is 0. The maximum Gasteiger partial charge on any atom is 0.234 e. The van der Waals surface area contributed by atoms with Gasteiger partial charge in [0.25, 0.3) is 0 Å². The molecule has 0 fully saturated rings. The van der Waals surface area contributed by atoms with Crippen LogP contribution in [0.2, 0.25) is 0 Å². The van der Waals surface area contributed by atoms with E-state index in [0.29, 0.717) is 6.42 Å². The van der Waals surface area contributed by atoms with Gasteiger partial charge in [-0.15, -0.1) is 0 Å². The molecule has 0 saturated carbocycles. The normalized spacial score (nSPS) is 12.6. The largest absolute Gasteiger partial charge is 0.368 e. The SMILES string of the molecule is NC(=O)[C@@H](N)CC[C]=O. The fraction of sp³-hybridized carbons (Fsp3) is 0.600. The Morgan fingerprint density at radius 3 is 2.56 bits per heavy atom. The van der Waals surface area contributed by atoms with E-state index in [4.69, 9.17) is 11.5 Å². The van der Waals surface area contributed by atoms with Crippen molar-refractivity contribution in [1.29, 1.82) is 0 Å². The maximum absolute atomic E-state index is 10.2. The summed E-state index contributed by atoms with van der Waals surface area (Å²) in [6.07, 6.45) is 2.08. The number of carbonyl (C=O) groups excluding carboxylic acids is 2. The van der Waals surface area contributed by atoms with Crippen molar-refractivity contribution >= 4 is 12.2 Å². The fourth-order valence-electron chi connectivity index (χ4n) is 0.357. The van der Waals surface area contributed by atoms with Crippen LogP contribution in [0.25, 0.3) is 0 Å². The topological polar surface area (TPSA) is 86.2 Å². The molecule has 0 saturated heterocycles. The highest BCUT2D eigenvalue weighted by Gasteiger charge is 2.06. The lowest BCUT2D eigenvalue weighted by molar-refractivity contribution is -0.119. The van der Waals surface area contributed by atoms with E-state index < -0.39 is 11.9 Å². The number of amides is 1. The number of carbonyl (C=O) groups is 1. The molecule has 4 N–H and O–H groups in total. The van der Waals surface area contributed by atoms with Gasteiger partial charge in [0.05, 0.1) is 6.04 Å². The summed E-state index contributed by atoms with van der Waals surface area (Å²) in [5, 5.41) is 0. The molecule has 1 radical (unpaired) electrons. The summed E-state index contributed by atoms with van der Waals surface area (Å²) in [6, 6.07) is -0.702. The van der Waals surface area contributed by atoms with E-state index in [0.717, 1.165) is 0 Å². The zero-order chi connectivity index (χ0) is 7.28. The Morgan fingerprint density at radius 1 is 1.67 bits per heavy atom. The first kappa shape index (κ1) is 8.10. The van der Waals surface area contributed by atoms with Crippen LogP contribution in [0, 0.1) is 0 Å². The first-order valence-corrected chi connectivity index (χ1v) is 2.58. The van der Waals surface area contributed by atoms with E-state index in [2.05, 4.69) is 0 Å². The summed E-state index contributed by atoms with van der Waals surface area (Å²) in [6.45, 7) is 0. The molecule has 51 valence electrons. The van der Waals surface area contributed by atoms with Crippen molar-refractivity contribution in [2.45, 2.75) is 18.9 Å². The Balaban J connectivity index is 3.37. The van der Waals surface area contributed by atoms with Gasteiger partial charge in [0, 0.05) is 6.42 Å². The van der Waals surface area contributed by atoms with Crippen molar-refractivity contribution in [2.24, 2.45) is 11.5 Å². The monoisotopic (exact) mass is 129 g/mol. The summed E-state index contributed by atoms with van der Waals surface area (Å²) in [5.41, 5.74) is 9.93. The lowest BCUT2D eigenvalue weighted by Crippen LogP contribution is -2.36. The molecule has 0 aliphatic heterocycles. The van der Waals surface area contributed by atoms with E-state index in [9.17, 15) is 9.59 Å². The molecule has 4 nitrogen and oxygen atoms in total. The molecule has 0 heterocycles. The van der Waals surface area contributed by atoms with E-state index in [1.165, 1.54) is 0 Å². The van der Waals surface area contributed by atoms with Crippen LogP contribution in [-0.4, -0.2) is 18.2 Å². The van der Waals surface area contributed by atoms with E-state index >= 15 is 0 Å². The molecular formula is C5H9N2O2. The Kier molecular flexibility index (Phi) is 3.62. The van der Waals surface area contributed by atoms with Crippen molar-refractivity contribution < 1.29 is 9.59 Å². The number of hydrogen-bond acceptors (Lipinski definition) is 3. The van der Waals surface area contributed by atoms with Gasteiger partial charge >= 0.3 is 0 Å². The van der Waals surface area contributed by atoms with E-state index in [-0.39, 0.29) is 6.42 Å². The van der Waals surface area contributed by atoms with Crippen LogP contribution in [0.4, 0.5) is 0 Å². The molecule has 0 rings (SSSR count).